The van der Waals surface area contributed by atoms with Gasteiger partial charge in [0.15, 0.2) is 0 Å². The lowest BCUT2D eigenvalue weighted by Crippen LogP contribution is -2.49. The molecule has 0 radical (unpaired) electrons. The molecule has 0 aromatic heterocycles. The maximum Gasteiger partial charge on any atom is 0.303 e. The molecule has 1 heterocycles. The fourth-order valence-electron chi connectivity index (χ4n) is 4.53. The second kappa shape index (κ2) is 7.62. The van der Waals surface area contributed by atoms with Gasteiger partial charge < -0.3 is 5.11 Å². The zero-order valence-corrected chi connectivity index (χ0v) is 14.1. The van der Waals surface area contributed by atoms with Gasteiger partial charge in [0.1, 0.15) is 0 Å². The Morgan fingerprint density at radius 2 is 2.05 bits per heavy atom. The first kappa shape index (κ1) is 16.8. The highest BCUT2D eigenvalue weighted by molar-refractivity contribution is 5.66. The summed E-state index contributed by atoms with van der Waals surface area (Å²) in [5, 5.41) is 8.89. The van der Waals surface area contributed by atoms with Crippen molar-refractivity contribution in [2.75, 3.05) is 13.1 Å². The topological polar surface area (TPSA) is 40.5 Å². The van der Waals surface area contributed by atoms with E-state index < -0.39 is 5.97 Å². The lowest BCUT2D eigenvalue weighted by atomic mass is 9.72. The summed E-state index contributed by atoms with van der Waals surface area (Å²) in [6.07, 6.45) is 7.77. The monoisotopic (exact) mass is 295 g/mol. The van der Waals surface area contributed by atoms with Gasteiger partial charge in [-0.1, -0.05) is 27.2 Å². The first-order valence-corrected chi connectivity index (χ1v) is 8.93. The SMILES string of the molecule is CC1CCC(C(C)C)C(N2CCCC(CCC(=O)O)C2)C1. The van der Waals surface area contributed by atoms with Gasteiger partial charge in [0, 0.05) is 19.0 Å². The molecule has 0 aromatic carbocycles. The largest absolute Gasteiger partial charge is 0.481 e. The van der Waals surface area contributed by atoms with Gasteiger partial charge in [-0.15, -0.1) is 0 Å². The number of carbonyl (C=O) groups is 1. The molecular weight excluding hydrogens is 262 g/mol. The van der Waals surface area contributed by atoms with E-state index in [0.29, 0.717) is 12.3 Å². The highest BCUT2D eigenvalue weighted by atomic mass is 16.4. The van der Waals surface area contributed by atoms with Crippen molar-refractivity contribution in [1.29, 1.82) is 0 Å². The van der Waals surface area contributed by atoms with Crippen molar-refractivity contribution in [2.24, 2.45) is 23.7 Å². The van der Waals surface area contributed by atoms with E-state index in [-0.39, 0.29) is 0 Å². The zero-order valence-electron chi connectivity index (χ0n) is 14.1. The van der Waals surface area contributed by atoms with Crippen LogP contribution < -0.4 is 0 Å². The van der Waals surface area contributed by atoms with Crippen LogP contribution in [0.15, 0.2) is 0 Å². The van der Waals surface area contributed by atoms with E-state index >= 15 is 0 Å². The van der Waals surface area contributed by atoms with E-state index in [1.165, 1.54) is 38.6 Å². The predicted octanol–water partition coefficient (Wildman–Crippen LogP) is 4.02. The standard InChI is InChI=1S/C18H33NO2/c1-13(2)16-8-6-14(3)11-17(16)19-10-4-5-15(12-19)7-9-18(20)21/h13-17H,4-12H2,1-3H3,(H,20,21). The Hall–Kier alpha value is -0.570. The van der Waals surface area contributed by atoms with Crippen LogP contribution in [0.1, 0.15) is 65.7 Å². The Bertz CT molecular complexity index is 342. The van der Waals surface area contributed by atoms with Crippen LogP contribution >= 0.6 is 0 Å². The van der Waals surface area contributed by atoms with Gasteiger partial charge in [-0.25, -0.2) is 0 Å². The van der Waals surface area contributed by atoms with Gasteiger partial charge in [-0.2, -0.15) is 0 Å². The van der Waals surface area contributed by atoms with Crippen molar-refractivity contribution < 1.29 is 9.90 Å². The van der Waals surface area contributed by atoms with E-state index in [1.807, 2.05) is 0 Å². The Balaban J connectivity index is 1.95. The molecule has 1 N–H and O–H groups in total. The lowest BCUT2D eigenvalue weighted by molar-refractivity contribution is -0.137. The summed E-state index contributed by atoms with van der Waals surface area (Å²) >= 11 is 0. The van der Waals surface area contributed by atoms with Crippen LogP contribution in [-0.2, 0) is 4.79 Å². The summed E-state index contributed by atoms with van der Waals surface area (Å²) in [4.78, 5) is 13.5. The maximum absolute atomic E-state index is 10.8. The van der Waals surface area contributed by atoms with Crippen LogP contribution in [0.4, 0.5) is 0 Å². The number of piperidine rings is 1. The molecule has 2 rings (SSSR count). The van der Waals surface area contributed by atoms with Crippen LogP contribution in [-0.4, -0.2) is 35.1 Å². The number of aliphatic carboxylic acids is 1. The minimum Gasteiger partial charge on any atom is -0.481 e. The average molecular weight is 295 g/mol. The second-order valence-electron chi connectivity index (χ2n) is 7.83. The van der Waals surface area contributed by atoms with Gasteiger partial charge in [-0.3, -0.25) is 9.69 Å². The summed E-state index contributed by atoms with van der Waals surface area (Å²) in [7, 11) is 0. The first-order valence-electron chi connectivity index (χ1n) is 8.93. The quantitative estimate of drug-likeness (QED) is 0.832. The third-order valence-electron chi connectivity index (χ3n) is 5.77. The molecule has 0 spiro atoms. The normalized spacial score (nSPS) is 35.0. The number of carboxylic acids is 1. The van der Waals surface area contributed by atoms with Gasteiger partial charge in [0.05, 0.1) is 0 Å². The summed E-state index contributed by atoms with van der Waals surface area (Å²) in [6.45, 7) is 9.51. The highest BCUT2D eigenvalue weighted by Crippen LogP contribution is 2.38. The number of rotatable bonds is 5. The Morgan fingerprint density at radius 3 is 2.71 bits per heavy atom. The summed E-state index contributed by atoms with van der Waals surface area (Å²) in [5.74, 6) is 2.41. The summed E-state index contributed by atoms with van der Waals surface area (Å²) in [6, 6.07) is 0.737. The van der Waals surface area contributed by atoms with E-state index in [2.05, 4.69) is 25.7 Å². The highest BCUT2D eigenvalue weighted by Gasteiger charge is 2.36. The smallest absolute Gasteiger partial charge is 0.303 e. The van der Waals surface area contributed by atoms with Crippen LogP contribution in [0.25, 0.3) is 0 Å². The molecule has 1 aliphatic carbocycles. The van der Waals surface area contributed by atoms with E-state index in [0.717, 1.165) is 36.8 Å². The van der Waals surface area contributed by atoms with Gasteiger partial charge in [0.25, 0.3) is 0 Å². The van der Waals surface area contributed by atoms with Crippen molar-refractivity contribution in [3.63, 3.8) is 0 Å². The molecule has 3 nitrogen and oxygen atoms in total. The van der Waals surface area contributed by atoms with Gasteiger partial charge in [-0.05, 0) is 62.3 Å². The number of hydrogen-bond donors (Lipinski definition) is 1. The molecular formula is C18H33NO2. The fourth-order valence-corrected chi connectivity index (χ4v) is 4.53. The number of nitrogens with zero attached hydrogens (tertiary/aromatic N) is 1. The molecule has 122 valence electrons. The van der Waals surface area contributed by atoms with E-state index in [9.17, 15) is 4.79 Å². The fraction of sp³-hybridized carbons (Fsp3) is 0.944. The number of carboxylic acid groups (broad SMARTS) is 1. The van der Waals surface area contributed by atoms with Crippen molar-refractivity contribution in [1.82, 2.24) is 4.90 Å². The molecule has 0 bridgehead atoms. The summed E-state index contributed by atoms with van der Waals surface area (Å²) in [5.41, 5.74) is 0. The van der Waals surface area contributed by atoms with Crippen molar-refractivity contribution in [3.8, 4) is 0 Å². The molecule has 4 unspecified atom stereocenters. The number of likely N-dealkylation sites (tertiary alicyclic amines) is 1. The molecule has 0 aromatic rings. The molecule has 3 heteroatoms. The van der Waals surface area contributed by atoms with Crippen molar-refractivity contribution in [2.45, 2.75) is 71.8 Å². The molecule has 2 fully saturated rings. The average Bonchev–Trinajstić information content (AvgIpc) is 2.45. The van der Waals surface area contributed by atoms with Crippen LogP contribution in [0, 0.1) is 23.7 Å². The molecule has 2 aliphatic rings. The molecule has 21 heavy (non-hydrogen) atoms. The van der Waals surface area contributed by atoms with Crippen molar-refractivity contribution >= 4 is 5.97 Å². The minimum atomic E-state index is -0.640. The second-order valence-corrected chi connectivity index (χ2v) is 7.83. The molecule has 0 amide bonds. The molecule has 1 saturated heterocycles. The maximum atomic E-state index is 10.8. The Morgan fingerprint density at radius 1 is 1.29 bits per heavy atom. The van der Waals surface area contributed by atoms with Gasteiger partial charge in [0.2, 0.25) is 0 Å². The van der Waals surface area contributed by atoms with Gasteiger partial charge >= 0.3 is 5.97 Å². The third kappa shape index (κ3) is 4.70. The Labute approximate surface area is 130 Å². The zero-order chi connectivity index (χ0) is 15.4. The third-order valence-corrected chi connectivity index (χ3v) is 5.77. The van der Waals surface area contributed by atoms with Crippen LogP contribution in [0.3, 0.4) is 0 Å². The van der Waals surface area contributed by atoms with Crippen LogP contribution in [0.2, 0.25) is 0 Å². The van der Waals surface area contributed by atoms with Crippen molar-refractivity contribution in [3.05, 3.63) is 0 Å². The number of hydrogen-bond acceptors (Lipinski definition) is 2. The predicted molar refractivity (Wildman–Crippen MR) is 86.3 cm³/mol. The lowest BCUT2D eigenvalue weighted by Gasteiger charge is -2.47. The van der Waals surface area contributed by atoms with E-state index in [1.54, 1.807) is 0 Å². The summed E-state index contributed by atoms with van der Waals surface area (Å²) < 4.78 is 0. The Kier molecular flexibility index (Phi) is 6.09. The minimum absolute atomic E-state index is 0.340. The first-order chi connectivity index (χ1) is 9.97. The van der Waals surface area contributed by atoms with E-state index in [4.69, 9.17) is 5.11 Å². The molecule has 1 saturated carbocycles. The molecule has 1 aliphatic heterocycles. The molecule has 4 atom stereocenters. The van der Waals surface area contributed by atoms with Crippen LogP contribution in [0.5, 0.6) is 0 Å².